The molecule has 0 saturated carbocycles. The molecule has 1 aromatic rings. The zero-order valence-electron chi connectivity index (χ0n) is 11.5. The number of sulfone groups is 1. The van der Waals surface area contributed by atoms with Gasteiger partial charge in [0, 0.05) is 15.6 Å². The zero-order valence-corrected chi connectivity index (χ0v) is 14.0. The van der Waals surface area contributed by atoms with Gasteiger partial charge in [-0.05, 0) is 24.5 Å². The van der Waals surface area contributed by atoms with Crippen LogP contribution in [0.2, 0.25) is 0 Å². The zero-order chi connectivity index (χ0) is 15.2. The second kappa shape index (κ2) is 7.54. The molecule has 0 spiro atoms. The van der Waals surface area contributed by atoms with E-state index in [4.69, 9.17) is 0 Å². The molecule has 20 heavy (non-hydrogen) atoms. The molecule has 1 aromatic carbocycles. The van der Waals surface area contributed by atoms with Crippen molar-refractivity contribution in [3.05, 3.63) is 34.3 Å². The van der Waals surface area contributed by atoms with Gasteiger partial charge < -0.3 is 10.2 Å². The fraction of sp³-hybridized carbons (Fsp3) is 0.571. The Bertz CT molecular complexity index is 524. The van der Waals surface area contributed by atoms with Gasteiger partial charge in [0.1, 0.15) is 9.84 Å². The van der Waals surface area contributed by atoms with Crippen LogP contribution in [0.15, 0.2) is 28.7 Å². The Hall–Kier alpha value is -0.430. The Labute approximate surface area is 128 Å². The second-order valence-corrected chi connectivity index (χ2v) is 8.14. The van der Waals surface area contributed by atoms with Gasteiger partial charge in [0.25, 0.3) is 0 Å². The van der Waals surface area contributed by atoms with Gasteiger partial charge in [-0.1, -0.05) is 41.1 Å². The van der Waals surface area contributed by atoms with Crippen LogP contribution < -0.4 is 0 Å². The van der Waals surface area contributed by atoms with Crippen LogP contribution in [0.4, 0.5) is 0 Å². The lowest BCUT2D eigenvalue weighted by atomic mass is 9.79. The summed E-state index contributed by atoms with van der Waals surface area (Å²) >= 11 is 3.39. The third-order valence-electron chi connectivity index (χ3n) is 3.46. The molecule has 0 aliphatic heterocycles. The molecule has 6 heteroatoms. The fourth-order valence-electron chi connectivity index (χ4n) is 2.17. The summed E-state index contributed by atoms with van der Waals surface area (Å²) in [4.78, 5) is 0. The predicted molar refractivity (Wildman–Crippen MR) is 83.6 cm³/mol. The summed E-state index contributed by atoms with van der Waals surface area (Å²) in [5.41, 5.74) is -0.210. The summed E-state index contributed by atoms with van der Waals surface area (Å²) in [5, 5.41) is 19.4. The van der Waals surface area contributed by atoms with Crippen molar-refractivity contribution in [2.75, 3.05) is 24.7 Å². The van der Waals surface area contributed by atoms with Crippen molar-refractivity contribution in [1.29, 1.82) is 0 Å². The highest BCUT2D eigenvalue weighted by Gasteiger charge is 2.34. The lowest BCUT2D eigenvalue weighted by Crippen LogP contribution is -2.37. The molecule has 4 nitrogen and oxygen atoms in total. The van der Waals surface area contributed by atoms with Gasteiger partial charge in [0.05, 0.1) is 19.0 Å². The lowest BCUT2D eigenvalue weighted by molar-refractivity contribution is 0.113. The smallest absolute Gasteiger partial charge is 0.150 e. The van der Waals surface area contributed by atoms with E-state index in [2.05, 4.69) is 15.9 Å². The van der Waals surface area contributed by atoms with E-state index in [0.29, 0.717) is 6.42 Å². The molecule has 0 aliphatic carbocycles. The fourth-order valence-corrected chi connectivity index (χ4v) is 4.40. The molecule has 0 heterocycles. The molecule has 0 atom stereocenters. The average Bonchev–Trinajstić information content (AvgIpc) is 2.42. The number of halogens is 1. The summed E-state index contributed by atoms with van der Waals surface area (Å²) in [7, 11) is -3.14. The van der Waals surface area contributed by atoms with Crippen molar-refractivity contribution in [2.45, 2.75) is 25.2 Å². The predicted octanol–water partition coefficient (Wildman–Crippen LogP) is 1.89. The minimum atomic E-state index is -3.14. The lowest BCUT2D eigenvalue weighted by Gasteiger charge is -2.31. The molecule has 114 valence electrons. The van der Waals surface area contributed by atoms with Gasteiger partial charge in [0.2, 0.25) is 0 Å². The molecular weight excluding hydrogens is 344 g/mol. The Morgan fingerprint density at radius 2 is 1.75 bits per heavy atom. The third-order valence-corrected chi connectivity index (χ3v) is 6.01. The van der Waals surface area contributed by atoms with E-state index < -0.39 is 15.3 Å². The molecule has 0 aromatic heterocycles. The monoisotopic (exact) mass is 364 g/mol. The normalized spacial score (nSPS) is 12.6. The van der Waals surface area contributed by atoms with Gasteiger partial charge in [-0.25, -0.2) is 8.42 Å². The van der Waals surface area contributed by atoms with Crippen LogP contribution in [0.25, 0.3) is 0 Å². The van der Waals surface area contributed by atoms with E-state index >= 15 is 0 Å². The molecule has 0 unspecified atom stereocenters. The summed E-state index contributed by atoms with van der Waals surface area (Å²) in [5.74, 6) is 0.0964. The van der Waals surface area contributed by atoms with E-state index in [1.165, 1.54) is 0 Å². The first-order chi connectivity index (χ1) is 9.40. The molecule has 0 amide bonds. The van der Waals surface area contributed by atoms with E-state index in [1.54, 1.807) is 12.1 Å². The number of aliphatic hydroxyl groups is 2. The quantitative estimate of drug-likeness (QED) is 0.738. The van der Waals surface area contributed by atoms with Crippen molar-refractivity contribution in [3.63, 3.8) is 0 Å². The molecule has 0 saturated heterocycles. The molecule has 0 bridgehead atoms. The van der Waals surface area contributed by atoms with Crippen LogP contribution in [0, 0.1) is 0 Å². The Morgan fingerprint density at radius 1 is 1.15 bits per heavy atom. The Morgan fingerprint density at radius 3 is 2.25 bits per heavy atom. The van der Waals surface area contributed by atoms with Crippen molar-refractivity contribution >= 4 is 25.8 Å². The number of aliphatic hydroxyl groups excluding tert-OH is 2. The number of hydrogen-bond acceptors (Lipinski definition) is 4. The Balaban J connectivity index is 3.02. The first-order valence-corrected chi connectivity index (χ1v) is 9.19. The molecule has 1 rings (SSSR count). The van der Waals surface area contributed by atoms with Crippen molar-refractivity contribution in [1.82, 2.24) is 0 Å². The van der Waals surface area contributed by atoms with Gasteiger partial charge in [-0.15, -0.1) is 0 Å². The molecular formula is C14H21BrO4S. The van der Waals surface area contributed by atoms with Gasteiger partial charge in [0.15, 0.2) is 0 Å². The number of hydrogen-bond donors (Lipinski definition) is 2. The first-order valence-electron chi connectivity index (χ1n) is 6.58. The summed E-state index contributed by atoms with van der Waals surface area (Å²) < 4.78 is 24.5. The maximum Gasteiger partial charge on any atom is 0.150 e. The summed E-state index contributed by atoms with van der Waals surface area (Å²) in [6.07, 6.45) is 0.771. The van der Waals surface area contributed by atoms with Crippen LogP contribution in [-0.4, -0.2) is 43.4 Å². The minimum Gasteiger partial charge on any atom is -0.395 e. The highest BCUT2D eigenvalue weighted by molar-refractivity contribution is 9.10. The summed E-state index contributed by atoms with van der Waals surface area (Å²) in [6, 6.07) is 7.25. The number of rotatable bonds is 8. The molecule has 0 radical (unpaired) electrons. The second-order valence-electron chi connectivity index (χ2n) is 4.98. The maximum absolute atomic E-state index is 11.9. The first kappa shape index (κ1) is 17.6. The SMILES string of the molecule is CCCS(=O)(=O)CCC(CO)(CO)c1ccccc1Br. The van der Waals surface area contributed by atoms with Gasteiger partial charge in [-0.3, -0.25) is 0 Å². The van der Waals surface area contributed by atoms with Gasteiger partial charge in [-0.2, -0.15) is 0 Å². The standard InChI is InChI=1S/C14H21BrO4S/c1-2-8-20(18,19)9-7-14(10-16,11-17)12-5-3-4-6-13(12)15/h3-6,16-17H,2,7-11H2,1H3. The highest BCUT2D eigenvalue weighted by atomic mass is 79.9. The molecule has 2 N–H and O–H groups in total. The van der Waals surface area contributed by atoms with Crippen molar-refractivity contribution in [2.24, 2.45) is 0 Å². The summed E-state index contributed by atoms with van der Waals surface area (Å²) in [6.45, 7) is 1.22. The maximum atomic E-state index is 11.9. The highest BCUT2D eigenvalue weighted by Crippen LogP contribution is 2.33. The van der Waals surface area contributed by atoms with Crippen LogP contribution in [0.5, 0.6) is 0 Å². The third kappa shape index (κ3) is 4.28. The van der Waals surface area contributed by atoms with Crippen molar-refractivity contribution < 1.29 is 18.6 Å². The molecule has 0 aliphatic rings. The van der Waals surface area contributed by atoms with E-state index in [9.17, 15) is 18.6 Å². The van der Waals surface area contributed by atoms with Gasteiger partial charge >= 0.3 is 0 Å². The Kier molecular flexibility index (Phi) is 6.64. The van der Waals surface area contributed by atoms with E-state index in [0.717, 1.165) is 10.0 Å². The molecule has 0 fully saturated rings. The van der Waals surface area contributed by atoms with E-state index in [-0.39, 0.29) is 31.1 Å². The van der Waals surface area contributed by atoms with Crippen LogP contribution in [-0.2, 0) is 15.3 Å². The largest absolute Gasteiger partial charge is 0.395 e. The number of benzene rings is 1. The topological polar surface area (TPSA) is 74.6 Å². The van der Waals surface area contributed by atoms with E-state index in [1.807, 2.05) is 19.1 Å². The minimum absolute atomic E-state index is 0.0384. The van der Waals surface area contributed by atoms with Crippen LogP contribution in [0.1, 0.15) is 25.3 Å². The van der Waals surface area contributed by atoms with Crippen LogP contribution in [0.3, 0.4) is 0 Å². The van der Waals surface area contributed by atoms with Crippen molar-refractivity contribution in [3.8, 4) is 0 Å². The van der Waals surface area contributed by atoms with Crippen LogP contribution >= 0.6 is 15.9 Å². The average molecular weight is 365 g/mol.